The first-order valence-electron chi connectivity index (χ1n) is 9.37. The fourth-order valence-electron chi connectivity index (χ4n) is 3.91. The van der Waals surface area contributed by atoms with Crippen molar-refractivity contribution in [3.8, 4) is 5.75 Å². The molecule has 4 rings (SSSR count). The van der Waals surface area contributed by atoms with Crippen LogP contribution < -0.4 is 10.4 Å². The number of rotatable bonds is 5. The Hall–Kier alpha value is -2.34. The summed E-state index contributed by atoms with van der Waals surface area (Å²) in [7, 11) is 0. The number of benzene rings is 1. The second-order valence-electron chi connectivity index (χ2n) is 7.03. The van der Waals surface area contributed by atoms with Crippen molar-refractivity contribution in [3.05, 3.63) is 39.7 Å². The number of aryl methyl sites for hydroxylation is 1. The van der Waals surface area contributed by atoms with E-state index in [0.29, 0.717) is 25.3 Å². The molecule has 1 aromatic carbocycles. The molecule has 1 fully saturated rings. The fourth-order valence-corrected chi connectivity index (χ4v) is 3.91. The number of likely N-dealkylation sites (tertiary alicyclic amines) is 1. The molecule has 6 heteroatoms. The van der Waals surface area contributed by atoms with Crippen molar-refractivity contribution < 1.29 is 13.9 Å². The van der Waals surface area contributed by atoms with Gasteiger partial charge in [0.05, 0.1) is 5.56 Å². The molecule has 1 amide bonds. The van der Waals surface area contributed by atoms with Gasteiger partial charge in [0, 0.05) is 44.1 Å². The normalized spacial score (nSPS) is 17.6. The highest BCUT2D eigenvalue weighted by atomic mass is 16.5. The quantitative estimate of drug-likeness (QED) is 0.771. The van der Waals surface area contributed by atoms with Gasteiger partial charge in [0.15, 0.2) is 0 Å². The maximum absolute atomic E-state index is 11.9. The van der Waals surface area contributed by atoms with Crippen molar-refractivity contribution in [1.82, 2.24) is 9.80 Å². The summed E-state index contributed by atoms with van der Waals surface area (Å²) in [6.07, 6.45) is 3.36. The molecule has 0 bridgehead atoms. The van der Waals surface area contributed by atoms with E-state index < -0.39 is 0 Å². The Morgan fingerprint density at radius 1 is 1.19 bits per heavy atom. The van der Waals surface area contributed by atoms with Gasteiger partial charge in [0.1, 0.15) is 18.1 Å². The number of carbonyl (C=O) groups is 1. The van der Waals surface area contributed by atoms with Crippen LogP contribution in [0.2, 0.25) is 0 Å². The number of fused-ring (bicyclic) bond motifs is 3. The Bertz CT molecular complexity index is 889. The lowest BCUT2D eigenvalue weighted by Crippen LogP contribution is -2.35. The lowest BCUT2D eigenvalue weighted by atomic mass is 10.0. The molecule has 3 heterocycles. The number of ether oxygens (including phenoxy) is 1. The molecule has 0 unspecified atom stereocenters. The standard InChI is InChI=1S/C20H24N2O4/c1-2-14-11-19(24)26-20-15(14)6-7-17-16(20)12-21(13-25-17)8-4-10-22-9-3-5-18(22)23/h6-7,11H,2-5,8-10,12-13H2,1H3. The van der Waals surface area contributed by atoms with Gasteiger partial charge in [-0.25, -0.2) is 4.79 Å². The maximum atomic E-state index is 11.9. The average Bonchev–Trinajstić information content (AvgIpc) is 3.06. The molecule has 0 spiro atoms. The molecule has 6 nitrogen and oxygen atoms in total. The third-order valence-electron chi connectivity index (χ3n) is 5.30. The first-order valence-corrected chi connectivity index (χ1v) is 9.37. The van der Waals surface area contributed by atoms with Gasteiger partial charge in [-0.3, -0.25) is 9.69 Å². The van der Waals surface area contributed by atoms with E-state index in [0.717, 1.165) is 61.2 Å². The number of hydrogen-bond donors (Lipinski definition) is 0. The number of hydrogen-bond acceptors (Lipinski definition) is 5. The van der Waals surface area contributed by atoms with Gasteiger partial charge < -0.3 is 14.1 Å². The molecule has 138 valence electrons. The molecule has 2 aliphatic rings. The number of nitrogens with zero attached hydrogens (tertiary/aromatic N) is 2. The van der Waals surface area contributed by atoms with Crippen molar-refractivity contribution >= 4 is 16.9 Å². The van der Waals surface area contributed by atoms with Crippen molar-refractivity contribution in [1.29, 1.82) is 0 Å². The van der Waals surface area contributed by atoms with Crippen molar-refractivity contribution in [2.75, 3.05) is 26.4 Å². The van der Waals surface area contributed by atoms with Gasteiger partial charge in [-0.15, -0.1) is 0 Å². The Morgan fingerprint density at radius 3 is 2.85 bits per heavy atom. The summed E-state index contributed by atoms with van der Waals surface area (Å²) in [5, 5.41) is 0.985. The minimum atomic E-state index is -0.313. The molecule has 0 saturated carbocycles. The SMILES string of the molecule is CCc1cc(=O)oc2c3c(ccc12)OCN(CCCN1CCCC1=O)C3. The van der Waals surface area contributed by atoms with Gasteiger partial charge in [-0.1, -0.05) is 6.92 Å². The highest BCUT2D eigenvalue weighted by Gasteiger charge is 2.23. The summed E-state index contributed by atoms with van der Waals surface area (Å²) in [6, 6.07) is 5.52. The zero-order chi connectivity index (χ0) is 18.1. The van der Waals surface area contributed by atoms with Gasteiger partial charge in [0.2, 0.25) is 5.91 Å². The molecule has 2 aromatic rings. The predicted molar refractivity (Wildman–Crippen MR) is 98.2 cm³/mol. The molecular weight excluding hydrogens is 332 g/mol. The van der Waals surface area contributed by atoms with Crippen LogP contribution in [0, 0.1) is 0 Å². The van der Waals surface area contributed by atoms with Crippen LogP contribution in [0.4, 0.5) is 0 Å². The zero-order valence-corrected chi connectivity index (χ0v) is 15.1. The molecule has 2 aliphatic heterocycles. The fraction of sp³-hybridized carbons (Fsp3) is 0.500. The number of carbonyl (C=O) groups excluding carboxylic acids is 1. The van der Waals surface area contributed by atoms with E-state index in [4.69, 9.17) is 9.15 Å². The molecule has 0 N–H and O–H groups in total. The largest absolute Gasteiger partial charge is 0.478 e. The van der Waals surface area contributed by atoms with E-state index in [9.17, 15) is 9.59 Å². The van der Waals surface area contributed by atoms with Crippen molar-refractivity contribution in [2.24, 2.45) is 0 Å². The van der Waals surface area contributed by atoms with Crippen LogP contribution >= 0.6 is 0 Å². The summed E-state index contributed by atoms with van der Waals surface area (Å²) < 4.78 is 11.4. The van der Waals surface area contributed by atoms with E-state index in [1.807, 2.05) is 24.0 Å². The van der Waals surface area contributed by atoms with Crippen LogP contribution in [0.25, 0.3) is 11.0 Å². The Morgan fingerprint density at radius 2 is 2.08 bits per heavy atom. The first-order chi connectivity index (χ1) is 12.7. The molecular formula is C20H24N2O4. The van der Waals surface area contributed by atoms with E-state index in [1.165, 1.54) is 0 Å². The van der Waals surface area contributed by atoms with Gasteiger partial charge >= 0.3 is 5.63 Å². The summed E-state index contributed by atoms with van der Waals surface area (Å²) in [4.78, 5) is 27.8. The Kier molecular flexibility index (Phi) is 4.68. The maximum Gasteiger partial charge on any atom is 0.336 e. The van der Waals surface area contributed by atoms with Crippen molar-refractivity contribution in [2.45, 2.75) is 39.2 Å². The summed E-state index contributed by atoms with van der Waals surface area (Å²) in [5.41, 5.74) is 2.28. The molecule has 0 atom stereocenters. The van der Waals surface area contributed by atoms with E-state index >= 15 is 0 Å². The zero-order valence-electron chi connectivity index (χ0n) is 15.1. The first kappa shape index (κ1) is 17.1. The third kappa shape index (κ3) is 3.21. The van der Waals surface area contributed by atoms with E-state index in [1.54, 1.807) is 6.07 Å². The van der Waals surface area contributed by atoms with Gasteiger partial charge in [-0.05, 0) is 37.0 Å². The van der Waals surface area contributed by atoms with Crippen LogP contribution in [0.15, 0.2) is 27.4 Å². The lowest BCUT2D eigenvalue weighted by molar-refractivity contribution is -0.127. The minimum absolute atomic E-state index is 0.269. The monoisotopic (exact) mass is 356 g/mol. The summed E-state index contributed by atoms with van der Waals surface area (Å²) in [6.45, 7) is 5.77. The highest BCUT2D eigenvalue weighted by Crippen LogP contribution is 2.33. The van der Waals surface area contributed by atoms with Crippen LogP contribution in [0.3, 0.4) is 0 Å². The van der Waals surface area contributed by atoms with Gasteiger partial charge in [-0.2, -0.15) is 0 Å². The third-order valence-corrected chi connectivity index (χ3v) is 5.30. The molecule has 26 heavy (non-hydrogen) atoms. The van der Waals surface area contributed by atoms with Crippen LogP contribution in [0.1, 0.15) is 37.3 Å². The lowest BCUT2D eigenvalue weighted by Gasteiger charge is -2.29. The molecule has 0 aliphatic carbocycles. The Balaban J connectivity index is 1.51. The summed E-state index contributed by atoms with van der Waals surface area (Å²) >= 11 is 0. The van der Waals surface area contributed by atoms with E-state index in [2.05, 4.69) is 4.90 Å². The smallest absolute Gasteiger partial charge is 0.336 e. The van der Waals surface area contributed by atoms with E-state index in [-0.39, 0.29) is 11.5 Å². The Labute approximate surface area is 152 Å². The topological polar surface area (TPSA) is 63.0 Å². The molecule has 1 saturated heterocycles. The summed E-state index contributed by atoms with van der Waals surface area (Å²) in [5.74, 6) is 1.06. The second-order valence-corrected chi connectivity index (χ2v) is 7.03. The predicted octanol–water partition coefficient (Wildman–Crippen LogP) is 2.52. The van der Waals surface area contributed by atoms with Crippen LogP contribution in [-0.4, -0.2) is 42.1 Å². The van der Waals surface area contributed by atoms with Crippen LogP contribution in [0.5, 0.6) is 5.75 Å². The highest BCUT2D eigenvalue weighted by molar-refractivity contribution is 5.85. The minimum Gasteiger partial charge on any atom is -0.478 e. The molecule has 0 radical (unpaired) electrons. The second kappa shape index (κ2) is 7.11. The van der Waals surface area contributed by atoms with Gasteiger partial charge in [0.25, 0.3) is 0 Å². The molecule has 1 aromatic heterocycles. The van der Waals surface area contributed by atoms with Crippen molar-refractivity contribution in [3.63, 3.8) is 0 Å². The van der Waals surface area contributed by atoms with Crippen LogP contribution in [-0.2, 0) is 17.8 Å². The average molecular weight is 356 g/mol. The number of amides is 1.